The summed E-state index contributed by atoms with van der Waals surface area (Å²) in [6.07, 6.45) is -6.78. The molecule has 4 unspecified atom stereocenters. The topological polar surface area (TPSA) is 19.0 Å². The van der Waals surface area contributed by atoms with E-state index in [4.69, 9.17) is 0 Å². The van der Waals surface area contributed by atoms with Gasteiger partial charge in [0.05, 0.1) is 5.52 Å². The Balaban J connectivity index is 2.25. The molecule has 0 amide bonds. The fourth-order valence-electron chi connectivity index (χ4n) is 2.58. The number of hydrogen-bond donors (Lipinski definition) is 0. The van der Waals surface area contributed by atoms with E-state index in [1.807, 2.05) is 0 Å². The normalized spacial score (nSPS) is 34.0. The average Bonchev–Trinajstić information content (AvgIpc) is 2.82. The number of benzene rings is 1. The number of rotatable bonds is 1. The number of aryl methyl sites for hydroxylation is 1. The van der Waals surface area contributed by atoms with Crippen LogP contribution in [0.25, 0.3) is 10.9 Å². The van der Waals surface area contributed by atoms with E-state index < -0.39 is 30.2 Å². The molecule has 107 valence electrons. The highest BCUT2D eigenvalue weighted by atomic mass is 19.2. The van der Waals surface area contributed by atoms with Crippen molar-refractivity contribution in [2.75, 3.05) is 0 Å². The second-order valence-corrected chi connectivity index (χ2v) is 4.84. The van der Waals surface area contributed by atoms with Gasteiger partial charge >= 0.3 is 0 Å². The van der Waals surface area contributed by atoms with Crippen LogP contribution in [0, 0.1) is 5.82 Å². The number of aromatic nitrogens is 1. The third-order valence-electron chi connectivity index (χ3n) is 3.63. The summed E-state index contributed by atoms with van der Waals surface area (Å²) in [5.74, 6) is -0.564. The van der Waals surface area contributed by atoms with Gasteiger partial charge in [-0.3, -0.25) is 0 Å². The summed E-state index contributed by atoms with van der Waals surface area (Å²) in [6.45, 7) is 0. The van der Waals surface area contributed by atoms with E-state index in [1.165, 1.54) is 17.7 Å². The fraction of sp³-hybridized carbons (Fsp3) is 0.385. The number of alkyl halides is 4. The molecule has 1 aromatic heterocycles. The maximum Gasteiger partial charge on any atom is 0.218 e. The average molecular weight is 289 g/mol. The molecule has 1 radical (unpaired) electrons. The summed E-state index contributed by atoms with van der Waals surface area (Å²) < 4.78 is 69.8. The molecule has 1 fully saturated rings. The summed E-state index contributed by atoms with van der Waals surface area (Å²) in [7, 11) is 1.48. The van der Waals surface area contributed by atoms with E-state index in [2.05, 4.69) is 5.32 Å². The smallest absolute Gasteiger partial charge is 0.218 e. The van der Waals surface area contributed by atoms with Crippen LogP contribution in [-0.2, 0) is 12.7 Å². The monoisotopic (exact) mass is 289 g/mol. The van der Waals surface area contributed by atoms with Gasteiger partial charge in [0, 0.05) is 24.2 Å². The molecule has 2 aromatic rings. The van der Waals surface area contributed by atoms with Crippen molar-refractivity contribution in [3.63, 3.8) is 0 Å². The van der Waals surface area contributed by atoms with Crippen LogP contribution in [0.1, 0.15) is 5.56 Å². The van der Waals surface area contributed by atoms with Gasteiger partial charge in [0.25, 0.3) is 0 Å². The first kappa shape index (κ1) is 13.4. The largest absolute Gasteiger partial charge is 0.350 e. The van der Waals surface area contributed by atoms with Crippen molar-refractivity contribution in [1.82, 2.24) is 9.88 Å². The van der Waals surface area contributed by atoms with Crippen molar-refractivity contribution in [3.05, 3.63) is 35.8 Å². The van der Waals surface area contributed by atoms with Crippen molar-refractivity contribution in [2.45, 2.75) is 24.4 Å². The molecule has 0 bridgehead atoms. The second kappa shape index (κ2) is 4.18. The van der Waals surface area contributed by atoms with Crippen LogP contribution in [0.5, 0.6) is 0 Å². The summed E-state index contributed by atoms with van der Waals surface area (Å²) in [6, 6.07) is 3.38. The Hall–Kier alpha value is -1.63. The molecule has 7 heteroatoms. The molecule has 1 aliphatic heterocycles. The quantitative estimate of drug-likeness (QED) is 0.568. The lowest BCUT2D eigenvalue weighted by atomic mass is 9.92. The predicted octanol–water partition coefficient (Wildman–Crippen LogP) is 3.03. The first-order chi connectivity index (χ1) is 9.35. The highest BCUT2D eigenvalue weighted by molar-refractivity contribution is 5.85. The Morgan fingerprint density at radius 1 is 1.25 bits per heavy atom. The minimum absolute atomic E-state index is 0.131. The van der Waals surface area contributed by atoms with Crippen molar-refractivity contribution in [2.24, 2.45) is 7.05 Å². The van der Waals surface area contributed by atoms with Crippen molar-refractivity contribution < 1.29 is 22.0 Å². The van der Waals surface area contributed by atoms with Crippen molar-refractivity contribution in [3.8, 4) is 0 Å². The molecule has 0 N–H and O–H groups in total. The minimum atomic E-state index is -3.20. The lowest BCUT2D eigenvalue weighted by molar-refractivity contribution is 0.00316. The van der Waals surface area contributed by atoms with Crippen LogP contribution < -0.4 is 5.32 Å². The molecule has 1 saturated heterocycles. The van der Waals surface area contributed by atoms with Crippen LogP contribution in [-0.4, -0.2) is 23.3 Å². The third-order valence-corrected chi connectivity index (χ3v) is 3.63. The molecule has 20 heavy (non-hydrogen) atoms. The van der Waals surface area contributed by atoms with Gasteiger partial charge in [0.2, 0.25) is 18.3 Å². The molecular weight excluding hydrogens is 279 g/mol. The zero-order chi connectivity index (χ0) is 14.7. The highest BCUT2D eigenvalue weighted by Crippen LogP contribution is 2.46. The molecule has 0 saturated carbocycles. The number of nitrogens with zero attached hydrogens (tertiary/aromatic N) is 2. The van der Waals surface area contributed by atoms with E-state index in [9.17, 15) is 22.0 Å². The fourth-order valence-corrected chi connectivity index (χ4v) is 2.58. The Labute approximate surface area is 111 Å². The van der Waals surface area contributed by atoms with Crippen LogP contribution in [0.3, 0.4) is 0 Å². The Morgan fingerprint density at radius 2 is 1.95 bits per heavy atom. The molecule has 3 rings (SSSR count). The lowest BCUT2D eigenvalue weighted by Gasteiger charge is -2.22. The number of hydrogen-bond acceptors (Lipinski definition) is 0. The molecule has 0 aliphatic carbocycles. The minimum Gasteiger partial charge on any atom is -0.350 e. The first-order valence-corrected chi connectivity index (χ1v) is 5.92. The maximum atomic E-state index is 14.7. The van der Waals surface area contributed by atoms with Gasteiger partial charge < -0.3 is 4.57 Å². The Bertz CT molecular complexity index is 670. The van der Waals surface area contributed by atoms with Gasteiger partial charge in [-0.05, 0) is 18.2 Å². The van der Waals surface area contributed by atoms with E-state index in [0.29, 0.717) is 0 Å². The van der Waals surface area contributed by atoms with Gasteiger partial charge in [-0.1, -0.05) is 0 Å². The lowest BCUT2D eigenvalue weighted by Crippen LogP contribution is -2.36. The van der Waals surface area contributed by atoms with Crippen LogP contribution in [0.2, 0.25) is 0 Å². The Morgan fingerprint density at radius 3 is 2.55 bits per heavy atom. The van der Waals surface area contributed by atoms with Gasteiger partial charge in [-0.25, -0.2) is 22.0 Å². The number of halogens is 5. The molecule has 2 heterocycles. The van der Waals surface area contributed by atoms with Crippen molar-refractivity contribution >= 4 is 10.9 Å². The summed E-state index contributed by atoms with van der Waals surface area (Å²) >= 11 is 0. The molecule has 1 aliphatic rings. The molecular formula is C13H10F5N2. The van der Waals surface area contributed by atoms with Crippen LogP contribution in [0.15, 0.2) is 24.4 Å². The van der Waals surface area contributed by atoms with E-state index in [-0.39, 0.29) is 16.5 Å². The van der Waals surface area contributed by atoms with E-state index in [1.54, 1.807) is 0 Å². The van der Waals surface area contributed by atoms with E-state index >= 15 is 0 Å². The molecule has 2 nitrogen and oxygen atoms in total. The van der Waals surface area contributed by atoms with Gasteiger partial charge in [-0.15, -0.1) is 0 Å². The van der Waals surface area contributed by atoms with Gasteiger partial charge in [0.15, 0.2) is 6.17 Å². The molecule has 1 aromatic carbocycles. The predicted molar refractivity (Wildman–Crippen MR) is 62.5 cm³/mol. The molecule has 4 atom stereocenters. The van der Waals surface area contributed by atoms with Crippen LogP contribution >= 0.6 is 0 Å². The second-order valence-electron chi connectivity index (χ2n) is 4.84. The maximum absolute atomic E-state index is 14.7. The summed E-state index contributed by atoms with van der Waals surface area (Å²) in [4.78, 5) is 0. The zero-order valence-corrected chi connectivity index (χ0v) is 10.3. The first-order valence-electron chi connectivity index (χ1n) is 5.92. The highest BCUT2D eigenvalue weighted by Gasteiger charge is 2.61. The zero-order valence-electron chi connectivity index (χ0n) is 10.3. The van der Waals surface area contributed by atoms with Crippen LogP contribution in [0.4, 0.5) is 22.0 Å². The summed E-state index contributed by atoms with van der Waals surface area (Å²) in [5, 5.41) is 2.90. The Kier molecular flexibility index (Phi) is 2.79. The van der Waals surface area contributed by atoms with Gasteiger partial charge in [-0.2, -0.15) is 5.32 Å². The molecule has 0 spiro atoms. The standard InChI is InChI=1S/C13H10F5N2/c1-20-5-8(7-3-2-6(14)4-9(7)20)13(18)10(15)11(16)19-12(13)17/h2-5,10-12H,1H3. The SMILES string of the molecule is Cn1cc(C2(F)C(F)[N]C(F)C2F)c2ccc(F)cc21. The van der Waals surface area contributed by atoms with Crippen molar-refractivity contribution in [1.29, 1.82) is 0 Å². The van der Waals surface area contributed by atoms with Gasteiger partial charge in [0.1, 0.15) is 5.82 Å². The van der Waals surface area contributed by atoms with E-state index in [0.717, 1.165) is 18.3 Å². The number of fused-ring (bicyclic) bond motifs is 1. The summed E-state index contributed by atoms with van der Waals surface area (Å²) in [5.41, 5.74) is -3.30. The third kappa shape index (κ3) is 1.59.